The summed E-state index contributed by atoms with van der Waals surface area (Å²) in [5.74, 6) is 2.41. The van der Waals surface area contributed by atoms with Gasteiger partial charge in [0.15, 0.2) is 0 Å². The van der Waals surface area contributed by atoms with Crippen LogP contribution >= 0.6 is 0 Å². The molecule has 0 aromatic carbocycles. The van der Waals surface area contributed by atoms with E-state index in [2.05, 4.69) is 20.4 Å². The molecule has 0 aliphatic heterocycles. The molecular formula is C21H30O2. The third-order valence-corrected chi connectivity index (χ3v) is 8.18. The third kappa shape index (κ3) is 2.00. The molecule has 0 aromatic heterocycles. The van der Waals surface area contributed by atoms with Crippen LogP contribution < -0.4 is 0 Å². The van der Waals surface area contributed by atoms with Crippen LogP contribution in [0.5, 0.6) is 0 Å². The van der Waals surface area contributed by atoms with Crippen molar-refractivity contribution in [2.24, 2.45) is 28.6 Å². The Morgan fingerprint density at radius 3 is 2.52 bits per heavy atom. The van der Waals surface area contributed by atoms with E-state index in [1.54, 1.807) is 0 Å². The lowest BCUT2D eigenvalue weighted by atomic mass is 9.47. The van der Waals surface area contributed by atoms with Crippen molar-refractivity contribution < 1.29 is 9.90 Å². The average molecular weight is 314 g/mol. The fourth-order valence-electron chi connectivity index (χ4n) is 6.81. The molecule has 4 aliphatic rings. The second-order valence-electron chi connectivity index (χ2n) is 9.02. The molecule has 0 saturated heterocycles. The molecular weight excluding hydrogens is 284 g/mol. The maximum Gasteiger partial charge on any atom is 0.139 e. The van der Waals surface area contributed by atoms with Crippen LogP contribution in [0, 0.1) is 28.6 Å². The molecule has 4 aliphatic carbocycles. The van der Waals surface area contributed by atoms with E-state index in [-0.39, 0.29) is 16.9 Å². The van der Waals surface area contributed by atoms with E-state index in [1.807, 2.05) is 6.08 Å². The van der Waals surface area contributed by atoms with Gasteiger partial charge in [-0.15, -0.1) is 0 Å². The fourth-order valence-corrected chi connectivity index (χ4v) is 6.81. The maximum atomic E-state index is 12.5. The van der Waals surface area contributed by atoms with Gasteiger partial charge < -0.3 is 5.11 Å². The van der Waals surface area contributed by atoms with Gasteiger partial charge in [-0.05, 0) is 73.7 Å². The number of aliphatic hydroxyl groups is 1. The summed E-state index contributed by atoms with van der Waals surface area (Å²) < 4.78 is 0. The molecule has 23 heavy (non-hydrogen) atoms. The summed E-state index contributed by atoms with van der Waals surface area (Å²) in [6.45, 7) is 8.76. The molecule has 126 valence electrons. The molecule has 0 amide bonds. The number of ketones is 1. The van der Waals surface area contributed by atoms with Crippen molar-refractivity contribution in [3.05, 3.63) is 23.8 Å². The van der Waals surface area contributed by atoms with Gasteiger partial charge in [0, 0.05) is 11.8 Å². The predicted molar refractivity (Wildman–Crippen MR) is 91.9 cm³/mol. The second kappa shape index (κ2) is 5.05. The van der Waals surface area contributed by atoms with Crippen LogP contribution in [0.2, 0.25) is 0 Å². The first-order valence-electron chi connectivity index (χ1n) is 9.46. The van der Waals surface area contributed by atoms with Gasteiger partial charge in [0.2, 0.25) is 0 Å². The molecule has 3 fully saturated rings. The number of hydrogen-bond donors (Lipinski definition) is 1. The minimum atomic E-state index is -0.175. The number of allylic oxidation sites excluding steroid dienone is 2. The van der Waals surface area contributed by atoms with Crippen molar-refractivity contribution in [3.63, 3.8) is 0 Å². The third-order valence-electron chi connectivity index (χ3n) is 8.18. The van der Waals surface area contributed by atoms with Gasteiger partial charge in [-0.25, -0.2) is 0 Å². The Kier molecular flexibility index (Phi) is 3.43. The number of Topliss-reactive ketones (excluding diaryl/α,β-unsaturated/α-hetero) is 1. The highest BCUT2D eigenvalue weighted by molar-refractivity contribution is 5.87. The van der Waals surface area contributed by atoms with E-state index in [9.17, 15) is 9.90 Å². The monoisotopic (exact) mass is 314 g/mol. The average Bonchev–Trinajstić information content (AvgIpc) is 2.83. The van der Waals surface area contributed by atoms with Crippen molar-refractivity contribution in [1.29, 1.82) is 0 Å². The van der Waals surface area contributed by atoms with E-state index >= 15 is 0 Å². The molecule has 0 heterocycles. The second-order valence-corrected chi connectivity index (χ2v) is 9.02. The van der Waals surface area contributed by atoms with Gasteiger partial charge in [-0.1, -0.05) is 32.1 Å². The Morgan fingerprint density at radius 2 is 1.78 bits per heavy atom. The van der Waals surface area contributed by atoms with Crippen molar-refractivity contribution in [3.8, 4) is 0 Å². The predicted octanol–water partition coefficient (Wildman–Crippen LogP) is 4.44. The van der Waals surface area contributed by atoms with E-state index in [0.717, 1.165) is 44.9 Å². The van der Waals surface area contributed by atoms with E-state index in [0.29, 0.717) is 23.5 Å². The van der Waals surface area contributed by atoms with Gasteiger partial charge in [-0.3, -0.25) is 4.79 Å². The van der Waals surface area contributed by atoms with Crippen molar-refractivity contribution in [2.75, 3.05) is 0 Å². The van der Waals surface area contributed by atoms with Crippen molar-refractivity contribution in [1.82, 2.24) is 0 Å². The lowest BCUT2D eigenvalue weighted by Gasteiger charge is -2.57. The SMILES string of the molecule is C=CC1=C2C[C@@H](O)CC[C@]2(C)[C@H]2CC[C@]3(C)C(=O)CC[C@H]3[C@@H]2C1. The maximum absolute atomic E-state index is 12.5. The van der Waals surface area contributed by atoms with Crippen molar-refractivity contribution in [2.45, 2.75) is 71.3 Å². The van der Waals surface area contributed by atoms with E-state index < -0.39 is 0 Å². The van der Waals surface area contributed by atoms with Crippen LogP contribution in [0.15, 0.2) is 23.8 Å². The van der Waals surface area contributed by atoms with Gasteiger partial charge >= 0.3 is 0 Å². The zero-order chi connectivity index (χ0) is 16.4. The van der Waals surface area contributed by atoms with E-state index in [1.165, 1.54) is 17.6 Å². The van der Waals surface area contributed by atoms with Crippen LogP contribution in [0.1, 0.15) is 65.2 Å². The Hall–Kier alpha value is -0.890. The Morgan fingerprint density at radius 1 is 1.09 bits per heavy atom. The lowest BCUT2D eigenvalue weighted by molar-refractivity contribution is -0.132. The molecule has 4 rings (SSSR count). The minimum Gasteiger partial charge on any atom is -0.393 e. The van der Waals surface area contributed by atoms with Gasteiger partial charge in [-0.2, -0.15) is 0 Å². The lowest BCUT2D eigenvalue weighted by Crippen LogP contribution is -2.51. The minimum absolute atomic E-state index is 0.0600. The Bertz CT molecular complexity index is 589. The number of hydrogen-bond acceptors (Lipinski definition) is 2. The number of rotatable bonds is 1. The highest BCUT2D eigenvalue weighted by Gasteiger charge is 2.59. The Labute approximate surface area is 140 Å². The summed E-state index contributed by atoms with van der Waals surface area (Å²) >= 11 is 0. The molecule has 6 atom stereocenters. The van der Waals surface area contributed by atoms with Gasteiger partial charge in [0.1, 0.15) is 5.78 Å². The van der Waals surface area contributed by atoms with Crippen LogP contribution in [-0.4, -0.2) is 17.0 Å². The zero-order valence-electron chi connectivity index (χ0n) is 14.6. The fraction of sp³-hybridized carbons (Fsp3) is 0.762. The smallest absolute Gasteiger partial charge is 0.139 e. The molecule has 0 aromatic rings. The highest BCUT2D eigenvalue weighted by atomic mass is 16.3. The summed E-state index contributed by atoms with van der Waals surface area (Å²) in [7, 11) is 0. The summed E-state index contributed by atoms with van der Waals surface area (Å²) in [5.41, 5.74) is 3.03. The Balaban J connectivity index is 1.77. The van der Waals surface area contributed by atoms with Gasteiger partial charge in [0.05, 0.1) is 6.10 Å². The van der Waals surface area contributed by atoms with Crippen LogP contribution in [0.25, 0.3) is 0 Å². The number of carbonyl (C=O) groups is 1. The molecule has 0 spiro atoms. The molecule has 3 saturated carbocycles. The van der Waals surface area contributed by atoms with Gasteiger partial charge in [0.25, 0.3) is 0 Å². The first-order chi connectivity index (χ1) is 10.9. The molecule has 0 unspecified atom stereocenters. The molecule has 0 radical (unpaired) electrons. The van der Waals surface area contributed by atoms with Crippen molar-refractivity contribution >= 4 is 5.78 Å². The number of fused-ring (bicyclic) bond motifs is 5. The summed E-state index contributed by atoms with van der Waals surface area (Å²) in [5, 5.41) is 10.2. The summed E-state index contributed by atoms with van der Waals surface area (Å²) in [6.07, 6.45) is 9.96. The zero-order valence-corrected chi connectivity index (χ0v) is 14.6. The molecule has 2 nitrogen and oxygen atoms in total. The molecule has 1 N–H and O–H groups in total. The first kappa shape index (κ1) is 15.6. The summed E-state index contributed by atoms with van der Waals surface area (Å²) in [4.78, 5) is 12.5. The summed E-state index contributed by atoms with van der Waals surface area (Å²) in [6, 6.07) is 0. The number of aliphatic hydroxyl groups excluding tert-OH is 1. The molecule has 2 heteroatoms. The normalized spacial score (nSPS) is 49.4. The first-order valence-corrected chi connectivity index (χ1v) is 9.46. The standard InChI is InChI=1S/C21H30O2/c1-4-13-11-15-16-5-6-19(23)21(16,3)10-8-17(15)20(2)9-7-14(22)12-18(13)20/h4,14-17,22H,1,5-12H2,2-3H3/t14-,15-,16-,17-,20+,21-/m0/s1. The molecule has 0 bridgehead atoms. The van der Waals surface area contributed by atoms with E-state index in [4.69, 9.17) is 0 Å². The highest BCUT2D eigenvalue weighted by Crippen LogP contribution is 2.65. The topological polar surface area (TPSA) is 37.3 Å². The van der Waals surface area contributed by atoms with Crippen LogP contribution in [0.3, 0.4) is 0 Å². The number of carbonyl (C=O) groups excluding carboxylic acids is 1. The van der Waals surface area contributed by atoms with Crippen LogP contribution in [-0.2, 0) is 4.79 Å². The quantitative estimate of drug-likeness (QED) is 0.777. The van der Waals surface area contributed by atoms with Crippen LogP contribution in [0.4, 0.5) is 0 Å². The largest absolute Gasteiger partial charge is 0.393 e.